The lowest BCUT2D eigenvalue weighted by molar-refractivity contribution is -0.154. The zero-order chi connectivity index (χ0) is 26.8. The van der Waals surface area contributed by atoms with Gasteiger partial charge in [0.15, 0.2) is 6.61 Å². The van der Waals surface area contributed by atoms with Gasteiger partial charge in [0, 0.05) is 38.3 Å². The molecular weight excluding hydrogens is 503 g/mol. The van der Waals surface area contributed by atoms with E-state index in [4.69, 9.17) is 9.47 Å². The Morgan fingerprint density at radius 2 is 1.47 bits per heavy atom. The maximum Gasteiger partial charge on any atom is 0.422 e. The van der Waals surface area contributed by atoms with Gasteiger partial charge in [0.05, 0.1) is 6.73 Å². The van der Waals surface area contributed by atoms with Gasteiger partial charge in [-0.05, 0) is 35.2 Å². The van der Waals surface area contributed by atoms with Crippen LogP contribution in [0.15, 0.2) is 48.5 Å². The Bertz CT molecular complexity index is 1190. The first-order chi connectivity index (χ1) is 18.3. The van der Waals surface area contributed by atoms with Crippen molar-refractivity contribution in [3.8, 4) is 6.01 Å². The van der Waals surface area contributed by atoms with Crippen LogP contribution >= 0.6 is 0 Å². The molecule has 13 heteroatoms. The van der Waals surface area contributed by atoms with Crippen LogP contribution in [-0.2, 0) is 29.2 Å². The molecule has 0 aliphatic carbocycles. The first-order valence-corrected chi connectivity index (χ1v) is 12.0. The van der Waals surface area contributed by atoms with Gasteiger partial charge in [0.1, 0.15) is 0 Å². The number of nitrogens with zero attached hydrogens (tertiary/aromatic N) is 3. The van der Waals surface area contributed by atoms with Gasteiger partial charge in [-0.25, -0.2) is 0 Å². The number of carbonyl (C=O) groups is 1. The molecule has 2 aromatic carbocycles. The number of nitrogens with one attached hydrogen (secondary N) is 4. The largest absolute Gasteiger partial charge is 0.454 e. The molecule has 1 aromatic heterocycles. The molecule has 0 saturated carbocycles. The normalized spacial score (nSPS) is 15.6. The number of hydrogen-bond acceptors (Lipinski definition) is 9. The molecule has 0 radical (unpaired) electrons. The summed E-state index contributed by atoms with van der Waals surface area (Å²) < 4.78 is 48.4. The summed E-state index contributed by atoms with van der Waals surface area (Å²) in [5, 5.41) is 12.0. The number of rotatable bonds is 2. The fraction of sp³-hybridized carbons (Fsp3) is 0.360. The van der Waals surface area contributed by atoms with Crippen molar-refractivity contribution in [2.24, 2.45) is 0 Å². The van der Waals surface area contributed by atoms with E-state index < -0.39 is 18.8 Å². The minimum Gasteiger partial charge on any atom is -0.454 e. The Morgan fingerprint density at radius 3 is 2.18 bits per heavy atom. The predicted molar refractivity (Wildman–Crippen MR) is 134 cm³/mol. The van der Waals surface area contributed by atoms with Gasteiger partial charge in [-0.1, -0.05) is 36.4 Å². The zero-order valence-electron chi connectivity index (χ0n) is 20.5. The molecule has 0 fully saturated rings. The minimum absolute atomic E-state index is 0.0273. The van der Waals surface area contributed by atoms with E-state index in [2.05, 4.69) is 36.2 Å². The van der Waals surface area contributed by atoms with Gasteiger partial charge in [-0.2, -0.15) is 28.1 Å². The van der Waals surface area contributed by atoms with Crippen molar-refractivity contribution in [2.45, 2.75) is 38.7 Å². The van der Waals surface area contributed by atoms with E-state index in [-0.39, 0.29) is 17.8 Å². The first-order valence-electron chi connectivity index (χ1n) is 12.0. The van der Waals surface area contributed by atoms with Crippen molar-refractivity contribution >= 4 is 23.5 Å². The number of carbonyl (C=O) groups excluding carboxylic acids is 1. The van der Waals surface area contributed by atoms with Crippen molar-refractivity contribution in [1.82, 2.24) is 25.6 Å². The number of hydrogen-bond donors (Lipinski definition) is 4. The first kappa shape index (κ1) is 27.1. The van der Waals surface area contributed by atoms with Crippen LogP contribution < -0.4 is 26.0 Å². The van der Waals surface area contributed by atoms with Crippen LogP contribution in [0.5, 0.6) is 6.01 Å². The number of halogens is 3. The quantitative estimate of drug-likeness (QED) is 0.393. The molecule has 4 aliphatic heterocycles. The topological polar surface area (TPSA) is 122 Å². The van der Waals surface area contributed by atoms with Gasteiger partial charge in [-0.15, -0.1) is 0 Å². The van der Waals surface area contributed by atoms with Gasteiger partial charge in [-0.3, -0.25) is 10.1 Å². The van der Waals surface area contributed by atoms with Crippen LogP contribution in [0.25, 0.3) is 0 Å². The predicted octanol–water partition coefficient (Wildman–Crippen LogP) is 3.64. The van der Waals surface area contributed by atoms with Gasteiger partial charge in [0.25, 0.3) is 0 Å². The number of amides is 1. The van der Waals surface area contributed by atoms with Crippen molar-refractivity contribution in [3.63, 3.8) is 0 Å². The Labute approximate surface area is 217 Å². The standard InChI is InChI=1S/C25H28F3N7O3/c26-25(27,28)15-38-24-34-22-31-14-19-5-3-18(4-6-19)13-30-21(36)2-1-11-37-16-29-12-17-7-9-20(10-8-17)32-23(33-22)35-24/h3-10,29H,1-2,11-16H2,(H,30,36)(H2,31,32,33,34,35). The maximum absolute atomic E-state index is 12.7. The van der Waals surface area contributed by atoms with Crippen LogP contribution in [0.2, 0.25) is 0 Å². The molecule has 38 heavy (non-hydrogen) atoms. The molecule has 6 bridgehead atoms. The van der Waals surface area contributed by atoms with E-state index >= 15 is 0 Å². The molecule has 5 heterocycles. The van der Waals surface area contributed by atoms with Crippen molar-refractivity contribution in [1.29, 1.82) is 0 Å². The van der Waals surface area contributed by atoms with Crippen LogP contribution in [0.4, 0.5) is 30.8 Å². The van der Waals surface area contributed by atoms with E-state index in [1.165, 1.54) is 0 Å². The Hall–Kier alpha value is -3.97. The highest BCUT2D eigenvalue weighted by Crippen LogP contribution is 2.20. The second-order valence-corrected chi connectivity index (χ2v) is 8.52. The molecule has 0 spiro atoms. The van der Waals surface area contributed by atoms with Crippen molar-refractivity contribution < 1.29 is 27.4 Å². The average Bonchev–Trinajstić information content (AvgIpc) is 2.89. The monoisotopic (exact) mass is 531 g/mol. The van der Waals surface area contributed by atoms with Crippen LogP contribution in [0.3, 0.4) is 0 Å². The number of ether oxygens (including phenoxy) is 2. The Balaban J connectivity index is 1.52. The Morgan fingerprint density at radius 1 is 0.842 bits per heavy atom. The summed E-state index contributed by atoms with van der Waals surface area (Å²) in [4.78, 5) is 24.3. The summed E-state index contributed by atoms with van der Waals surface area (Å²) in [5.41, 5.74) is 3.43. The molecule has 7 rings (SSSR count). The summed E-state index contributed by atoms with van der Waals surface area (Å²) in [6.07, 6.45) is -3.54. The molecule has 4 aliphatic rings. The number of benzene rings is 2. The Kier molecular flexibility index (Phi) is 9.27. The maximum atomic E-state index is 12.7. The van der Waals surface area contributed by atoms with Crippen molar-refractivity contribution in [2.75, 3.05) is 30.6 Å². The average molecular weight is 532 g/mol. The van der Waals surface area contributed by atoms with Crippen molar-refractivity contribution in [3.05, 3.63) is 65.2 Å². The van der Waals surface area contributed by atoms with E-state index in [1.54, 1.807) is 12.1 Å². The molecule has 10 nitrogen and oxygen atoms in total. The second kappa shape index (κ2) is 13.0. The lowest BCUT2D eigenvalue weighted by Crippen LogP contribution is -2.23. The molecule has 1 amide bonds. The molecule has 0 unspecified atom stereocenters. The fourth-order valence-electron chi connectivity index (χ4n) is 3.46. The summed E-state index contributed by atoms with van der Waals surface area (Å²) in [7, 11) is 0. The molecular formula is C25H28F3N7O3. The minimum atomic E-state index is -4.54. The van der Waals surface area contributed by atoms with E-state index in [1.807, 2.05) is 36.4 Å². The van der Waals surface area contributed by atoms with Crippen LogP contribution in [-0.4, -0.2) is 47.0 Å². The summed E-state index contributed by atoms with van der Waals surface area (Å²) in [6, 6.07) is 14.4. The van der Waals surface area contributed by atoms with E-state index in [9.17, 15) is 18.0 Å². The van der Waals surface area contributed by atoms with E-state index in [0.29, 0.717) is 51.5 Å². The van der Waals surface area contributed by atoms with Crippen LogP contribution in [0.1, 0.15) is 29.5 Å². The van der Waals surface area contributed by atoms with Crippen LogP contribution in [0, 0.1) is 0 Å². The fourth-order valence-corrected chi connectivity index (χ4v) is 3.46. The summed E-state index contributed by atoms with van der Waals surface area (Å²) in [6.45, 7) is 0.545. The zero-order valence-corrected chi connectivity index (χ0v) is 20.5. The third-order valence-corrected chi connectivity index (χ3v) is 5.38. The summed E-state index contributed by atoms with van der Waals surface area (Å²) >= 11 is 0. The second-order valence-electron chi connectivity index (χ2n) is 8.52. The smallest absolute Gasteiger partial charge is 0.422 e. The molecule has 0 atom stereocenters. The highest BCUT2D eigenvalue weighted by atomic mass is 19.4. The third-order valence-electron chi connectivity index (χ3n) is 5.38. The lowest BCUT2D eigenvalue weighted by Gasteiger charge is -2.13. The van der Waals surface area contributed by atoms with Gasteiger partial charge in [0.2, 0.25) is 17.8 Å². The SMILES string of the molecule is O=C1CCCOCNCc2ccc(cc2)Nc2nc(nc(OCC(F)(F)F)n2)NCc2ccc(cc2)CN1. The molecule has 3 aromatic rings. The highest BCUT2D eigenvalue weighted by molar-refractivity contribution is 5.75. The van der Waals surface area contributed by atoms with E-state index in [0.717, 1.165) is 16.7 Å². The molecule has 202 valence electrons. The number of alkyl halides is 3. The highest BCUT2D eigenvalue weighted by Gasteiger charge is 2.29. The lowest BCUT2D eigenvalue weighted by atomic mass is 10.1. The number of anilines is 3. The summed E-state index contributed by atoms with van der Waals surface area (Å²) in [5.74, 6) is 0.0235. The van der Waals surface area contributed by atoms with Gasteiger partial charge < -0.3 is 25.4 Å². The van der Waals surface area contributed by atoms with Gasteiger partial charge >= 0.3 is 12.2 Å². The number of aromatic nitrogens is 3. The third kappa shape index (κ3) is 9.16. The molecule has 4 N–H and O–H groups in total. The molecule has 0 saturated heterocycles.